The maximum absolute atomic E-state index is 12.3. The van der Waals surface area contributed by atoms with Crippen LogP contribution in [0.2, 0.25) is 0 Å². The van der Waals surface area contributed by atoms with Gasteiger partial charge in [-0.25, -0.2) is 0 Å². The number of piperidine rings is 2. The topological polar surface area (TPSA) is 23.6 Å². The van der Waals surface area contributed by atoms with Crippen LogP contribution in [0.25, 0.3) is 0 Å². The highest BCUT2D eigenvalue weighted by atomic mass is 16.1. The van der Waals surface area contributed by atoms with E-state index in [9.17, 15) is 4.79 Å². The molecule has 0 radical (unpaired) electrons. The third-order valence-corrected chi connectivity index (χ3v) is 6.42. The van der Waals surface area contributed by atoms with E-state index in [1.165, 1.54) is 63.7 Å². The molecule has 1 atom stereocenters. The van der Waals surface area contributed by atoms with Crippen molar-refractivity contribution in [2.24, 2.45) is 0 Å². The second kappa shape index (κ2) is 12.4. The maximum Gasteiger partial charge on any atom is 0.162 e. The molecule has 2 heterocycles. The second-order valence-electron chi connectivity index (χ2n) is 8.26. The number of likely N-dealkylation sites (tertiary alicyclic amines) is 2. The van der Waals surface area contributed by atoms with Gasteiger partial charge in [-0.15, -0.1) is 0 Å². The summed E-state index contributed by atoms with van der Waals surface area (Å²) >= 11 is 0. The molecule has 3 nitrogen and oxygen atoms in total. The molecule has 3 rings (SSSR count). The van der Waals surface area contributed by atoms with E-state index in [2.05, 4.69) is 23.6 Å². The van der Waals surface area contributed by atoms with E-state index < -0.39 is 0 Å². The number of benzene rings is 1. The van der Waals surface area contributed by atoms with E-state index in [0.717, 1.165) is 30.6 Å². The normalized spacial score (nSPS) is 21.8. The van der Waals surface area contributed by atoms with Gasteiger partial charge in [0.1, 0.15) is 0 Å². The average Bonchev–Trinajstić information content (AvgIpc) is 2.76. The molecule has 2 fully saturated rings. The van der Waals surface area contributed by atoms with Crippen molar-refractivity contribution in [3.05, 3.63) is 35.4 Å². The average molecular weight is 387 g/mol. The third kappa shape index (κ3) is 6.70. The van der Waals surface area contributed by atoms with Crippen LogP contribution in [0.3, 0.4) is 0 Å². The van der Waals surface area contributed by atoms with Crippen LogP contribution in [0.5, 0.6) is 0 Å². The van der Waals surface area contributed by atoms with E-state index >= 15 is 0 Å². The van der Waals surface area contributed by atoms with Gasteiger partial charge in [0, 0.05) is 24.1 Å². The Labute approximate surface area is 173 Å². The van der Waals surface area contributed by atoms with Gasteiger partial charge in [-0.2, -0.15) is 0 Å². The van der Waals surface area contributed by atoms with Crippen LogP contribution in [-0.4, -0.2) is 53.8 Å². The summed E-state index contributed by atoms with van der Waals surface area (Å²) in [6.45, 7) is 13.2. The van der Waals surface area contributed by atoms with Gasteiger partial charge in [0.2, 0.25) is 0 Å². The first-order valence-electron chi connectivity index (χ1n) is 11.8. The summed E-state index contributed by atoms with van der Waals surface area (Å²) in [6.07, 6.45) is 9.79. The van der Waals surface area contributed by atoms with Crippen molar-refractivity contribution in [3.63, 3.8) is 0 Å². The Kier molecular flexibility index (Phi) is 10.2. The summed E-state index contributed by atoms with van der Waals surface area (Å²) in [5, 5.41) is 0. The highest BCUT2D eigenvalue weighted by molar-refractivity contribution is 5.96. The van der Waals surface area contributed by atoms with Crippen molar-refractivity contribution in [2.45, 2.75) is 91.1 Å². The summed E-state index contributed by atoms with van der Waals surface area (Å²) in [5.74, 6) is 0.291. The minimum atomic E-state index is 0.291. The van der Waals surface area contributed by atoms with Gasteiger partial charge >= 0.3 is 0 Å². The molecule has 0 aliphatic carbocycles. The van der Waals surface area contributed by atoms with E-state index in [1.807, 2.05) is 38.1 Å². The van der Waals surface area contributed by atoms with Crippen LogP contribution in [0.1, 0.15) is 88.1 Å². The molecule has 1 aromatic rings. The number of hydrogen-bond acceptors (Lipinski definition) is 3. The van der Waals surface area contributed by atoms with Crippen molar-refractivity contribution in [2.75, 3.05) is 26.2 Å². The second-order valence-corrected chi connectivity index (χ2v) is 8.26. The molecule has 3 heteroatoms. The smallest absolute Gasteiger partial charge is 0.162 e. The largest absolute Gasteiger partial charge is 0.303 e. The Balaban J connectivity index is 0.00000136. The standard InChI is InChI=1S/C23H36N2O.C2H6/c1-3-21-7-4-5-16-25(21)22-13-17-24(18-14-22)15-6-8-23(26)20-11-9-19(2)10-12-20;1-2/h9-12,21-22H,3-8,13-18H2,1-2H3;1-2H3. The molecule has 0 N–H and O–H groups in total. The third-order valence-electron chi connectivity index (χ3n) is 6.42. The fourth-order valence-corrected chi connectivity index (χ4v) is 4.76. The molecule has 0 aromatic heterocycles. The van der Waals surface area contributed by atoms with Gasteiger partial charge in [-0.3, -0.25) is 9.69 Å². The number of carbonyl (C=O) groups is 1. The summed E-state index contributed by atoms with van der Waals surface area (Å²) in [5.41, 5.74) is 2.08. The molecule has 2 aliphatic rings. The summed E-state index contributed by atoms with van der Waals surface area (Å²) in [4.78, 5) is 17.7. The molecule has 0 bridgehead atoms. The molecule has 2 aliphatic heterocycles. The van der Waals surface area contributed by atoms with Crippen molar-refractivity contribution < 1.29 is 4.79 Å². The van der Waals surface area contributed by atoms with Crippen LogP contribution in [0, 0.1) is 6.92 Å². The lowest BCUT2D eigenvalue weighted by atomic mass is 9.93. The highest BCUT2D eigenvalue weighted by Gasteiger charge is 2.30. The summed E-state index contributed by atoms with van der Waals surface area (Å²) < 4.78 is 0. The maximum atomic E-state index is 12.3. The fraction of sp³-hybridized carbons (Fsp3) is 0.720. The van der Waals surface area contributed by atoms with E-state index in [0.29, 0.717) is 12.2 Å². The van der Waals surface area contributed by atoms with E-state index in [-0.39, 0.29) is 0 Å². The molecule has 28 heavy (non-hydrogen) atoms. The lowest BCUT2D eigenvalue weighted by Crippen LogP contribution is -2.50. The quantitative estimate of drug-likeness (QED) is 0.561. The first-order chi connectivity index (χ1) is 13.7. The van der Waals surface area contributed by atoms with Gasteiger partial charge in [0.25, 0.3) is 0 Å². The molecule has 1 aromatic carbocycles. The van der Waals surface area contributed by atoms with Gasteiger partial charge in [0.05, 0.1) is 0 Å². The predicted molar refractivity (Wildman–Crippen MR) is 120 cm³/mol. The predicted octanol–water partition coefficient (Wildman–Crippen LogP) is 5.71. The van der Waals surface area contributed by atoms with Crippen molar-refractivity contribution in [3.8, 4) is 0 Å². The zero-order valence-corrected chi connectivity index (χ0v) is 18.8. The van der Waals surface area contributed by atoms with Gasteiger partial charge in [-0.05, 0) is 71.6 Å². The zero-order valence-electron chi connectivity index (χ0n) is 18.8. The first-order valence-corrected chi connectivity index (χ1v) is 11.8. The van der Waals surface area contributed by atoms with Gasteiger partial charge < -0.3 is 4.90 Å². The monoisotopic (exact) mass is 386 g/mol. The van der Waals surface area contributed by atoms with Gasteiger partial charge in [0.15, 0.2) is 5.78 Å². The van der Waals surface area contributed by atoms with E-state index in [4.69, 9.17) is 0 Å². The van der Waals surface area contributed by atoms with Crippen molar-refractivity contribution >= 4 is 5.78 Å². The number of hydrogen-bond donors (Lipinski definition) is 0. The summed E-state index contributed by atoms with van der Waals surface area (Å²) in [6, 6.07) is 9.61. The van der Waals surface area contributed by atoms with Crippen LogP contribution in [0.4, 0.5) is 0 Å². The number of ketones is 1. The molecule has 158 valence electrons. The number of rotatable bonds is 7. The van der Waals surface area contributed by atoms with Crippen molar-refractivity contribution in [1.82, 2.24) is 9.80 Å². The molecule has 0 saturated carbocycles. The number of aryl methyl sites for hydroxylation is 1. The van der Waals surface area contributed by atoms with Crippen molar-refractivity contribution in [1.29, 1.82) is 0 Å². The Morgan fingerprint density at radius 3 is 2.32 bits per heavy atom. The molecular formula is C25H42N2O. The van der Waals surface area contributed by atoms with Crippen LogP contribution >= 0.6 is 0 Å². The van der Waals surface area contributed by atoms with Crippen LogP contribution in [-0.2, 0) is 0 Å². The summed E-state index contributed by atoms with van der Waals surface area (Å²) in [7, 11) is 0. The Bertz CT molecular complexity index is 560. The lowest BCUT2D eigenvalue weighted by molar-refractivity contribution is 0.0483. The fourth-order valence-electron chi connectivity index (χ4n) is 4.76. The van der Waals surface area contributed by atoms with Gasteiger partial charge in [-0.1, -0.05) is 57.0 Å². The highest BCUT2D eigenvalue weighted by Crippen LogP contribution is 2.27. The first kappa shape index (κ1) is 23.1. The Morgan fingerprint density at radius 1 is 1.00 bits per heavy atom. The molecular weight excluding hydrogens is 344 g/mol. The minimum absolute atomic E-state index is 0.291. The SMILES string of the molecule is CC.CCC1CCCCN1C1CCN(CCCC(=O)c2ccc(C)cc2)CC1. The van der Waals surface area contributed by atoms with Crippen LogP contribution in [0.15, 0.2) is 24.3 Å². The lowest BCUT2D eigenvalue weighted by Gasteiger charge is -2.44. The number of nitrogens with zero attached hydrogens (tertiary/aromatic N) is 2. The minimum Gasteiger partial charge on any atom is -0.303 e. The van der Waals surface area contributed by atoms with Crippen LogP contribution < -0.4 is 0 Å². The molecule has 2 saturated heterocycles. The number of Topliss-reactive ketones (excluding diaryl/α,β-unsaturated/α-hetero) is 1. The molecule has 0 spiro atoms. The Morgan fingerprint density at radius 2 is 1.68 bits per heavy atom. The van der Waals surface area contributed by atoms with E-state index in [1.54, 1.807) is 0 Å². The zero-order chi connectivity index (χ0) is 20.4. The molecule has 0 amide bonds. The molecule has 1 unspecified atom stereocenters. The number of carbonyl (C=O) groups excluding carboxylic acids is 1. The Hall–Kier alpha value is -1.19.